The number of pyridine rings is 1. The van der Waals surface area contributed by atoms with Gasteiger partial charge in [-0.15, -0.1) is 0 Å². The second-order valence-corrected chi connectivity index (χ2v) is 15.7. The van der Waals surface area contributed by atoms with Gasteiger partial charge in [0.1, 0.15) is 22.9 Å². The molecule has 8 rings (SSSR count). The molecule has 0 amide bonds. The van der Waals surface area contributed by atoms with Crippen molar-refractivity contribution in [1.82, 2.24) is 19.8 Å². The molecule has 8 heteroatoms. The molecule has 3 fully saturated rings. The lowest BCUT2D eigenvalue weighted by Gasteiger charge is -2.58. The highest BCUT2D eigenvalue weighted by Crippen LogP contribution is 2.53. The van der Waals surface area contributed by atoms with E-state index in [0.717, 1.165) is 74.4 Å². The quantitative estimate of drug-likeness (QED) is 0.139. The summed E-state index contributed by atoms with van der Waals surface area (Å²) in [6, 6.07) is 28.7. The van der Waals surface area contributed by atoms with Crippen LogP contribution in [0.1, 0.15) is 72.6 Å². The van der Waals surface area contributed by atoms with Crippen molar-refractivity contribution in [1.29, 1.82) is 0 Å². The maximum absolute atomic E-state index is 11.9. The van der Waals surface area contributed by atoms with Crippen LogP contribution in [0.5, 0.6) is 17.2 Å². The van der Waals surface area contributed by atoms with Gasteiger partial charge in [0.15, 0.2) is 6.29 Å². The zero-order valence-corrected chi connectivity index (χ0v) is 30.8. The molecule has 5 aromatic rings. The first kappa shape index (κ1) is 34.4. The van der Waals surface area contributed by atoms with E-state index in [1.807, 2.05) is 30.5 Å². The molecule has 2 aliphatic heterocycles. The number of piperazine rings is 1. The fourth-order valence-electron chi connectivity index (χ4n) is 9.02. The highest BCUT2D eigenvalue weighted by atomic mass is 16.5. The Morgan fingerprint density at radius 2 is 1.75 bits per heavy atom. The van der Waals surface area contributed by atoms with Gasteiger partial charge >= 0.3 is 0 Å². The molecule has 270 valence electrons. The summed E-state index contributed by atoms with van der Waals surface area (Å²) in [5.74, 6) is 2.72. The van der Waals surface area contributed by atoms with E-state index in [2.05, 4.69) is 93.1 Å². The Morgan fingerprint density at radius 1 is 0.942 bits per heavy atom. The number of H-pyrrole nitrogens is 1. The van der Waals surface area contributed by atoms with E-state index in [4.69, 9.17) is 9.47 Å². The van der Waals surface area contributed by atoms with Crippen LogP contribution in [-0.4, -0.2) is 71.9 Å². The summed E-state index contributed by atoms with van der Waals surface area (Å²) in [6.45, 7) is 10.9. The molecule has 8 nitrogen and oxygen atoms in total. The number of aldehydes is 1. The lowest BCUT2D eigenvalue weighted by molar-refractivity contribution is -0.0627. The number of ether oxygens (including phenoxy) is 2. The Kier molecular flexibility index (Phi) is 9.77. The molecule has 3 aromatic carbocycles. The van der Waals surface area contributed by atoms with Gasteiger partial charge in [0.2, 0.25) is 0 Å². The molecule has 1 unspecified atom stereocenters. The number of benzene rings is 3. The van der Waals surface area contributed by atoms with Gasteiger partial charge in [0, 0.05) is 74.7 Å². The Hall–Kier alpha value is -4.66. The molecular weight excluding hydrogens is 647 g/mol. The van der Waals surface area contributed by atoms with E-state index in [9.17, 15) is 4.79 Å². The number of aromatic amines is 1. The highest BCUT2D eigenvalue weighted by Gasteiger charge is 2.50. The van der Waals surface area contributed by atoms with Crippen molar-refractivity contribution < 1.29 is 14.3 Å². The van der Waals surface area contributed by atoms with Gasteiger partial charge in [-0.25, -0.2) is 4.98 Å². The van der Waals surface area contributed by atoms with Crippen LogP contribution < -0.4 is 14.4 Å². The molecule has 2 aromatic heterocycles. The number of hydrogen-bond donors (Lipinski definition) is 1. The summed E-state index contributed by atoms with van der Waals surface area (Å²) in [5, 5.41) is 0.975. The van der Waals surface area contributed by atoms with Crippen LogP contribution in [0.15, 0.2) is 91.3 Å². The first-order valence-corrected chi connectivity index (χ1v) is 19.0. The van der Waals surface area contributed by atoms with E-state index in [1.165, 1.54) is 42.4 Å². The predicted octanol–water partition coefficient (Wildman–Crippen LogP) is 8.68. The van der Waals surface area contributed by atoms with Crippen LogP contribution in [0.4, 0.5) is 5.69 Å². The average Bonchev–Trinajstić information content (AvgIpc) is 3.62. The van der Waals surface area contributed by atoms with Gasteiger partial charge in [0.05, 0.1) is 18.9 Å². The number of fused-ring (bicyclic) bond motifs is 1. The lowest BCUT2D eigenvalue weighted by Crippen LogP contribution is -2.60. The first-order valence-electron chi connectivity index (χ1n) is 19.0. The van der Waals surface area contributed by atoms with Gasteiger partial charge < -0.3 is 19.4 Å². The van der Waals surface area contributed by atoms with Crippen molar-refractivity contribution in [2.24, 2.45) is 11.3 Å². The third kappa shape index (κ3) is 7.19. The molecule has 52 heavy (non-hydrogen) atoms. The van der Waals surface area contributed by atoms with Crippen LogP contribution in [0.2, 0.25) is 0 Å². The molecule has 0 radical (unpaired) electrons. The van der Waals surface area contributed by atoms with E-state index < -0.39 is 0 Å². The summed E-state index contributed by atoms with van der Waals surface area (Å²) >= 11 is 0. The lowest BCUT2D eigenvalue weighted by atomic mass is 9.59. The minimum atomic E-state index is 0.396. The molecule has 1 atom stereocenters. The predicted molar refractivity (Wildman–Crippen MR) is 208 cm³/mol. The Labute approximate surface area is 307 Å². The number of piperidine rings is 1. The number of nitrogens with one attached hydrogen (secondary N) is 1. The smallest absolute Gasteiger partial charge is 0.153 e. The van der Waals surface area contributed by atoms with Crippen LogP contribution in [-0.2, 0) is 13.0 Å². The second kappa shape index (κ2) is 14.8. The normalized spacial score (nSPS) is 19.6. The highest BCUT2D eigenvalue weighted by molar-refractivity contribution is 5.81. The van der Waals surface area contributed by atoms with Gasteiger partial charge in [0.25, 0.3) is 0 Å². The zero-order chi connectivity index (χ0) is 35.7. The van der Waals surface area contributed by atoms with Crippen molar-refractivity contribution in [3.05, 3.63) is 114 Å². The van der Waals surface area contributed by atoms with Crippen molar-refractivity contribution in [3.63, 3.8) is 0 Å². The topological polar surface area (TPSA) is 73.9 Å². The van der Waals surface area contributed by atoms with Gasteiger partial charge in [-0.1, -0.05) is 50.2 Å². The molecule has 0 bridgehead atoms. The molecule has 1 aliphatic carbocycles. The molecule has 3 aliphatic rings. The Morgan fingerprint density at radius 3 is 2.52 bits per heavy atom. The van der Waals surface area contributed by atoms with Crippen molar-refractivity contribution in [3.8, 4) is 17.2 Å². The summed E-state index contributed by atoms with van der Waals surface area (Å²) in [4.78, 5) is 27.5. The third-order valence-corrected chi connectivity index (χ3v) is 11.8. The van der Waals surface area contributed by atoms with Crippen LogP contribution in [0.25, 0.3) is 11.0 Å². The van der Waals surface area contributed by atoms with Gasteiger partial charge in [-0.3, -0.25) is 14.6 Å². The van der Waals surface area contributed by atoms with Crippen molar-refractivity contribution in [2.75, 3.05) is 44.7 Å². The van der Waals surface area contributed by atoms with Gasteiger partial charge in [-0.2, -0.15) is 0 Å². The molecule has 2 saturated heterocycles. The first-order chi connectivity index (χ1) is 25.4. The largest absolute Gasteiger partial charge is 0.497 e. The van der Waals surface area contributed by atoms with E-state index in [1.54, 1.807) is 13.3 Å². The number of anilines is 1. The minimum absolute atomic E-state index is 0.396. The summed E-state index contributed by atoms with van der Waals surface area (Å²) < 4.78 is 11.7. The summed E-state index contributed by atoms with van der Waals surface area (Å²) in [6.07, 6.45) is 10.5. The number of aromatic nitrogens is 2. The second-order valence-electron chi connectivity index (χ2n) is 15.7. The number of hydrogen-bond acceptors (Lipinski definition) is 7. The zero-order valence-electron chi connectivity index (χ0n) is 30.8. The van der Waals surface area contributed by atoms with Crippen LogP contribution in [0.3, 0.4) is 0 Å². The van der Waals surface area contributed by atoms with Crippen LogP contribution in [0, 0.1) is 11.3 Å². The third-order valence-electron chi connectivity index (χ3n) is 11.8. The maximum atomic E-state index is 11.9. The minimum Gasteiger partial charge on any atom is -0.497 e. The summed E-state index contributed by atoms with van der Waals surface area (Å²) in [5.41, 5.74) is 7.24. The molecule has 1 spiro atoms. The van der Waals surface area contributed by atoms with Crippen LogP contribution >= 0.6 is 0 Å². The number of rotatable bonds is 11. The van der Waals surface area contributed by atoms with Gasteiger partial charge in [-0.05, 0) is 96.5 Å². The monoisotopic (exact) mass is 697 g/mol. The fourth-order valence-corrected chi connectivity index (χ4v) is 9.02. The molecule has 1 N–H and O–H groups in total. The SMILES string of the molecule is COc1ccc(CN2CCN(C3CC4(CCN(c5ccc(C=O)c(Oc6cnc7[nH]ccc7c6)c5)CC4)C3)C(c3ccccc3CC(C)C)C2)cc1. The van der Waals surface area contributed by atoms with E-state index in [-0.39, 0.29) is 0 Å². The maximum Gasteiger partial charge on any atom is 0.153 e. The van der Waals surface area contributed by atoms with E-state index in [0.29, 0.717) is 40.5 Å². The molecule has 4 heterocycles. The summed E-state index contributed by atoms with van der Waals surface area (Å²) in [7, 11) is 1.73. The molecular formula is C44H51N5O3. The number of carbonyl (C=O) groups excluding carboxylic acids is 1. The number of methoxy groups -OCH3 is 1. The Bertz CT molecular complexity index is 1990. The number of nitrogens with zero attached hydrogens (tertiary/aromatic N) is 4. The number of carbonyl (C=O) groups is 1. The van der Waals surface area contributed by atoms with Crippen molar-refractivity contribution in [2.45, 2.75) is 64.6 Å². The average molecular weight is 698 g/mol. The molecule has 1 saturated carbocycles. The van der Waals surface area contributed by atoms with E-state index >= 15 is 0 Å². The standard InChI is InChI=1S/C44H51N5O3/c1-31(2)22-33-6-4-5-7-40(33)41-29-47(28-32-8-12-38(51-3)13-9-32)20-21-49(41)37-25-44(26-37)15-18-48(19-16-44)36-11-10-35(30-50)42(24-36)52-39-23-34-14-17-45-43(34)46-27-39/h4-14,17,23-24,27,30-31,37,41H,15-16,18-22,25-26,28-29H2,1-3H3,(H,45,46). The van der Waals surface area contributed by atoms with Crippen molar-refractivity contribution >= 4 is 23.0 Å². The fraction of sp³-hybridized carbons (Fsp3) is 0.409. The Balaban J connectivity index is 0.940.